The number of nitro groups is 1. The second kappa shape index (κ2) is 3.43. The van der Waals surface area contributed by atoms with Crippen molar-refractivity contribution in [1.29, 1.82) is 0 Å². The van der Waals surface area contributed by atoms with Crippen LogP contribution >= 0.6 is 11.5 Å². The van der Waals surface area contributed by atoms with Gasteiger partial charge in [0.25, 0.3) is 5.69 Å². The van der Waals surface area contributed by atoms with Gasteiger partial charge in [0.2, 0.25) is 5.88 Å². The van der Waals surface area contributed by atoms with Crippen molar-refractivity contribution >= 4 is 27.3 Å². The highest BCUT2D eigenvalue weighted by molar-refractivity contribution is 7.13. The monoisotopic (exact) mass is 228 g/mol. The van der Waals surface area contributed by atoms with Crippen LogP contribution in [0, 0.1) is 15.9 Å². The Morgan fingerprint density at radius 1 is 1.60 bits per heavy atom. The predicted octanol–water partition coefficient (Wildman–Crippen LogP) is 2.35. The van der Waals surface area contributed by atoms with Crippen LogP contribution in [0.3, 0.4) is 0 Å². The zero-order valence-corrected chi connectivity index (χ0v) is 8.38. The lowest BCUT2D eigenvalue weighted by molar-refractivity contribution is -0.384. The van der Waals surface area contributed by atoms with Gasteiger partial charge < -0.3 is 4.74 Å². The molecule has 0 atom stereocenters. The second-order valence-electron chi connectivity index (χ2n) is 2.75. The van der Waals surface area contributed by atoms with Crippen LogP contribution in [0.15, 0.2) is 12.1 Å². The molecule has 0 spiro atoms. The summed E-state index contributed by atoms with van der Waals surface area (Å²) in [6.07, 6.45) is 0. The van der Waals surface area contributed by atoms with Crippen molar-refractivity contribution in [2.45, 2.75) is 0 Å². The molecule has 2 aromatic rings. The van der Waals surface area contributed by atoms with Gasteiger partial charge in [0, 0.05) is 6.07 Å². The van der Waals surface area contributed by atoms with Crippen molar-refractivity contribution in [3.05, 3.63) is 28.1 Å². The number of nitrogens with zero attached hydrogens (tertiary/aromatic N) is 2. The molecular formula is C8H5FN2O3S. The summed E-state index contributed by atoms with van der Waals surface area (Å²) in [7, 11) is 1.37. The minimum absolute atomic E-state index is 0.155. The van der Waals surface area contributed by atoms with E-state index in [-0.39, 0.29) is 17.0 Å². The molecule has 1 aromatic heterocycles. The van der Waals surface area contributed by atoms with Crippen LogP contribution in [0.1, 0.15) is 0 Å². The lowest BCUT2D eigenvalue weighted by atomic mass is 10.2. The van der Waals surface area contributed by atoms with E-state index in [0.717, 1.165) is 17.6 Å². The standard InChI is InChI=1S/C8H5FN2O3S/c1-14-8-7-5(9)2-4(11(12)13)3-6(7)15-10-8/h2-3H,1H3. The first-order chi connectivity index (χ1) is 7.13. The molecule has 0 aliphatic heterocycles. The molecule has 0 aliphatic carbocycles. The molecule has 0 amide bonds. The van der Waals surface area contributed by atoms with Crippen LogP contribution in [0.25, 0.3) is 10.1 Å². The van der Waals surface area contributed by atoms with Gasteiger partial charge in [-0.15, -0.1) is 0 Å². The number of hydrogen-bond donors (Lipinski definition) is 0. The quantitative estimate of drug-likeness (QED) is 0.584. The Bertz CT molecular complexity index is 540. The van der Waals surface area contributed by atoms with E-state index in [2.05, 4.69) is 4.37 Å². The second-order valence-corrected chi connectivity index (χ2v) is 3.55. The highest BCUT2D eigenvalue weighted by atomic mass is 32.1. The zero-order chi connectivity index (χ0) is 11.0. The molecular weight excluding hydrogens is 223 g/mol. The molecule has 7 heteroatoms. The number of halogens is 1. The number of non-ortho nitro benzene ring substituents is 1. The van der Waals surface area contributed by atoms with Crippen LogP contribution < -0.4 is 4.74 Å². The molecule has 0 radical (unpaired) electrons. The van der Waals surface area contributed by atoms with Crippen molar-refractivity contribution in [1.82, 2.24) is 4.37 Å². The van der Waals surface area contributed by atoms with Gasteiger partial charge in [0.15, 0.2) is 0 Å². The van der Waals surface area contributed by atoms with E-state index in [4.69, 9.17) is 4.74 Å². The number of rotatable bonds is 2. The average Bonchev–Trinajstić information content (AvgIpc) is 2.60. The molecule has 2 rings (SSSR count). The number of aromatic nitrogens is 1. The first kappa shape index (κ1) is 9.78. The molecule has 0 saturated heterocycles. The lowest BCUT2D eigenvalue weighted by Crippen LogP contribution is -1.90. The molecule has 0 N–H and O–H groups in total. The Morgan fingerprint density at radius 2 is 2.33 bits per heavy atom. The zero-order valence-electron chi connectivity index (χ0n) is 7.56. The molecule has 78 valence electrons. The first-order valence-corrected chi connectivity index (χ1v) is 4.68. The maximum absolute atomic E-state index is 13.5. The Labute approximate surface area is 87.4 Å². The molecule has 1 heterocycles. The summed E-state index contributed by atoms with van der Waals surface area (Å²) in [5, 5.41) is 10.7. The number of fused-ring (bicyclic) bond motifs is 1. The number of ether oxygens (including phenoxy) is 1. The smallest absolute Gasteiger partial charge is 0.273 e. The summed E-state index contributed by atoms with van der Waals surface area (Å²) in [6, 6.07) is 2.14. The highest BCUT2D eigenvalue weighted by Crippen LogP contribution is 2.33. The van der Waals surface area contributed by atoms with Gasteiger partial charge in [-0.2, -0.15) is 4.37 Å². The van der Waals surface area contributed by atoms with Crippen molar-refractivity contribution in [3.63, 3.8) is 0 Å². The van der Waals surface area contributed by atoms with Crippen LogP contribution in [0.2, 0.25) is 0 Å². The Kier molecular flexibility index (Phi) is 2.24. The van der Waals surface area contributed by atoms with E-state index >= 15 is 0 Å². The molecule has 0 unspecified atom stereocenters. The Morgan fingerprint density at radius 3 is 2.93 bits per heavy atom. The molecule has 0 aliphatic rings. The van der Waals surface area contributed by atoms with E-state index in [1.54, 1.807) is 0 Å². The molecule has 0 fully saturated rings. The minimum atomic E-state index is -0.690. The summed E-state index contributed by atoms with van der Waals surface area (Å²) in [5.41, 5.74) is -0.286. The third-order valence-electron chi connectivity index (χ3n) is 1.88. The third-order valence-corrected chi connectivity index (χ3v) is 2.66. The highest BCUT2D eigenvalue weighted by Gasteiger charge is 2.17. The van der Waals surface area contributed by atoms with Gasteiger partial charge in [-0.3, -0.25) is 10.1 Å². The van der Waals surface area contributed by atoms with Crippen molar-refractivity contribution in [2.75, 3.05) is 7.11 Å². The first-order valence-electron chi connectivity index (χ1n) is 3.91. The fourth-order valence-electron chi connectivity index (χ4n) is 1.23. The van der Waals surface area contributed by atoms with Crippen molar-refractivity contribution in [2.24, 2.45) is 0 Å². The topological polar surface area (TPSA) is 65.3 Å². The van der Waals surface area contributed by atoms with Gasteiger partial charge in [-0.05, 0) is 11.5 Å². The average molecular weight is 228 g/mol. The normalized spacial score (nSPS) is 10.5. The van der Waals surface area contributed by atoms with Gasteiger partial charge in [-0.25, -0.2) is 4.39 Å². The summed E-state index contributed by atoms with van der Waals surface area (Å²) in [4.78, 5) is 9.82. The lowest BCUT2D eigenvalue weighted by Gasteiger charge is -1.96. The molecule has 1 aromatic carbocycles. The summed E-state index contributed by atoms with van der Waals surface area (Å²) >= 11 is 0.965. The van der Waals surface area contributed by atoms with Gasteiger partial charge in [-0.1, -0.05) is 0 Å². The Balaban J connectivity index is 2.74. The maximum Gasteiger partial charge on any atom is 0.273 e. The van der Waals surface area contributed by atoms with E-state index in [1.165, 1.54) is 13.2 Å². The van der Waals surface area contributed by atoms with Crippen LogP contribution in [-0.4, -0.2) is 16.4 Å². The Hall–Kier alpha value is -1.76. The van der Waals surface area contributed by atoms with E-state index < -0.39 is 10.7 Å². The summed E-state index contributed by atoms with van der Waals surface area (Å²) in [6.45, 7) is 0. The minimum Gasteiger partial charge on any atom is -0.480 e. The number of nitro benzene ring substituents is 1. The molecule has 0 bridgehead atoms. The SMILES string of the molecule is COc1nsc2cc([N+](=O)[O-])cc(F)c12. The van der Waals surface area contributed by atoms with E-state index in [9.17, 15) is 14.5 Å². The molecule has 15 heavy (non-hydrogen) atoms. The van der Waals surface area contributed by atoms with Gasteiger partial charge in [0.1, 0.15) is 5.82 Å². The molecule has 5 nitrogen and oxygen atoms in total. The predicted molar refractivity (Wildman–Crippen MR) is 52.8 cm³/mol. The van der Waals surface area contributed by atoms with Crippen molar-refractivity contribution < 1.29 is 14.1 Å². The van der Waals surface area contributed by atoms with Crippen LogP contribution in [-0.2, 0) is 0 Å². The summed E-state index contributed by atoms with van der Waals surface area (Å²) < 4.78 is 22.5. The maximum atomic E-state index is 13.5. The number of methoxy groups -OCH3 is 1. The van der Waals surface area contributed by atoms with E-state index in [0.29, 0.717) is 4.70 Å². The third kappa shape index (κ3) is 1.50. The fourth-order valence-corrected chi connectivity index (χ4v) is 2.03. The van der Waals surface area contributed by atoms with Gasteiger partial charge in [0.05, 0.1) is 28.2 Å². The largest absolute Gasteiger partial charge is 0.480 e. The number of benzene rings is 1. The summed E-state index contributed by atoms with van der Waals surface area (Å²) in [5.74, 6) is -0.535. The van der Waals surface area contributed by atoms with Crippen molar-refractivity contribution in [3.8, 4) is 5.88 Å². The van der Waals surface area contributed by atoms with E-state index in [1.807, 2.05) is 0 Å². The van der Waals surface area contributed by atoms with Gasteiger partial charge >= 0.3 is 0 Å². The fraction of sp³-hybridized carbons (Fsp3) is 0.125. The number of hydrogen-bond acceptors (Lipinski definition) is 5. The van der Waals surface area contributed by atoms with Crippen LogP contribution in [0.4, 0.5) is 10.1 Å². The van der Waals surface area contributed by atoms with Crippen LogP contribution in [0.5, 0.6) is 5.88 Å². The molecule has 0 saturated carbocycles.